The first-order valence-corrected chi connectivity index (χ1v) is 3.82. The van der Waals surface area contributed by atoms with E-state index in [0.717, 1.165) is 0 Å². The monoisotopic (exact) mass is 259 g/mol. The maximum Gasteiger partial charge on any atom is 1.00 e. The van der Waals surface area contributed by atoms with Crippen LogP contribution in [0, 0.1) is 0 Å². The van der Waals surface area contributed by atoms with Gasteiger partial charge in [-0.1, -0.05) is 11.6 Å². The van der Waals surface area contributed by atoms with E-state index in [-0.39, 0.29) is 41.7 Å². The summed E-state index contributed by atoms with van der Waals surface area (Å²) in [5, 5.41) is 8.55. The van der Waals surface area contributed by atoms with Crippen LogP contribution in [0.25, 0.3) is 0 Å². The Hall–Kier alpha value is 0.390. The summed E-state index contributed by atoms with van der Waals surface area (Å²) in [4.78, 5) is 14.1. The third-order valence-corrected chi connectivity index (χ3v) is 1.77. The van der Waals surface area contributed by atoms with Gasteiger partial charge in [0.1, 0.15) is 5.15 Å². The Labute approximate surface area is 106 Å². The van der Waals surface area contributed by atoms with E-state index in [9.17, 15) is 4.79 Å². The van der Waals surface area contributed by atoms with E-state index >= 15 is 0 Å². The molecule has 0 amide bonds. The molecule has 0 aliphatic heterocycles. The van der Waals surface area contributed by atoms with Gasteiger partial charge < -0.3 is 6.53 Å². The molecule has 0 bridgehead atoms. The average Bonchev–Trinajstić information content (AvgIpc) is 1.94. The summed E-state index contributed by atoms with van der Waals surface area (Å²) < 4.78 is 0.597. The predicted molar refractivity (Wildman–Crippen MR) is 45.0 cm³/mol. The van der Waals surface area contributed by atoms with Crippen LogP contribution >= 0.6 is 27.5 Å². The minimum atomic E-state index is -1.08. The maximum atomic E-state index is 10.4. The smallest absolute Gasteiger partial charge is 1.00 e. The van der Waals surface area contributed by atoms with E-state index in [4.69, 9.17) is 16.7 Å². The number of aromatic carboxylic acids is 1. The summed E-state index contributed by atoms with van der Waals surface area (Å²) in [5.41, 5.74) is 0.000965. The van der Waals surface area contributed by atoms with E-state index in [0.29, 0.717) is 4.47 Å². The second-order valence-electron chi connectivity index (χ2n) is 1.80. The second-order valence-corrected chi connectivity index (χ2v) is 3.07. The molecular formula is C6H4BrClNNaO2. The minimum Gasteiger partial charge on any atom is -1.00 e. The second kappa shape index (κ2) is 5.19. The molecule has 0 aliphatic carbocycles. The number of carbonyl (C=O) groups is 1. The van der Waals surface area contributed by atoms with E-state index in [1.807, 2.05) is 0 Å². The van der Waals surface area contributed by atoms with Crippen LogP contribution in [-0.2, 0) is 0 Å². The van der Waals surface area contributed by atoms with Gasteiger partial charge in [-0.15, -0.1) is 0 Å². The zero-order valence-corrected chi connectivity index (χ0v) is 10.6. The van der Waals surface area contributed by atoms with E-state index in [1.54, 1.807) is 0 Å². The molecule has 0 saturated heterocycles. The van der Waals surface area contributed by atoms with Crippen molar-refractivity contribution >= 4 is 33.5 Å². The van der Waals surface area contributed by atoms with Crippen molar-refractivity contribution in [2.24, 2.45) is 0 Å². The topological polar surface area (TPSA) is 50.2 Å². The molecule has 0 radical (unpaired) electrons. The van der Waals surface area contributed by atoms with Gasteiger partial charge in [0.25, 0.3) is 0 Å². The molecule has 1 rings (SSSR count). The van der Waals surface area contributed by atoms with Gasteiger partial charge in [-0.25, -0.2) is 9.78 Å². The fraction of sp³-hybridized carbons (Fsp3) is 0. The van der Waals surface area contributed by atoms with E-state index < -0.39 is 5.97 Å². The largest absolute Gasteiger partial charge is 1.00 e. The molecule has 0 unspecified atom stereocenters. The number of nitrogens with zero attached hydrogens (tertiary/aromatic N) is 1. The number of rotatable bonds is 1. The summed E-state index contributed by atoms with van der Waals surface area (Å²) in [6.45, 7) is 0. The van der Waals surface area contributed by atoms with E-state index in [1.165, 1.54) is 12.3 Å². The molecule has 1 aromatic heterocycles. The van der Waals surface area contributed by atoms with Crippen molar-refractivity contribution in [3.63, 3.8) is 0 Å². The summed E-state index contributed by atoms with van der Waals surface area (Å²) in [5.74, 6) is -1.08. The number of aromatic nitrogens is 1. The molecule has 1 N–H and O–H groups in total. The van der Waals surface area contributed by atoms with Crippen LogP contribution in [-0.4, -0.2) is 16.1 Å². The van der Waals surface area contributed by atoms with Crippen molar-refractivity contribution < 1.29 is 40.9 Å². The van der Waals surface area contributed by atoms with Gasteiger partial charge in [-0.2, -0.15) is 0 Å². The number of carboxylic acids is 1. The standard InChI is InChI=1S/C6H3BrClNO2.Na.H/c7-3-1-4(6(10)11)5(8)9-2-3;;/h1-2H,(H,10,11);;/q;+1;-1. The quantitative estimate of drug-likeness (QED) is 0.537. The third-order valence-electron chi connectivity index (χ3n) is 1.04. The van der Waals surface area contributed by atoms with Gasteiger partial charge >= 0.3 is 35.5 Å². The number of hydrogen-bond donors (Lipinski definition) is 1. The Morgan fingerprint density at radius 3 is 2.75 bits per heavy atom. The Bertz CT molecular complexity index is 313. The van der Waals surface area contributed by atoms with Crippen molar-refractivity contribution in [1.29, 1.82) is 0 Å². The SMILES string of the molecule is O=C(O)c1cc(Br)cnc1Cl.[H-].[Na+]. The number of halogens is 2. The van der Waals surface area contributed by atoms with E-state index in [2.05, 4.69) is 20.9 Å². The van der Waals surface area contributed by atoms with Crippen molar-refractivity contribution in [1.82, 2.24) is 4.98 Å². The van der Waals surface area contributed by atoms with Crippen LogP contribution in [0.1, 0.15) is 11.8 Å². The summed E-state index contributed by atoms with van der Waals surface area (Å²) in [6.07, 6.45) is 1.44. The van der Waals surface area contributed by atoms with Crippen molar-refractivity contribution in [3.05, 3.63) is 27.5 Å². The van der Waals surface area contributed by atoms with Crippen LogP contribution < -0.4 is 29.6 Å². The zero-order valence-electron chi connectivity index (χ0n) is 7.21. The summed E-state index contributed by atoms with van der Waals surface area (Å²) in [6, 6.07) is 1.40. The summed E-state index contributed by atoms with van der Waals surface area (Å²) in [7, 11) is 0. The fourth-order valence-electron chi connectivity index (χ4n) is 0.573. The molecule has 0 saturated carbocycles. The van der Waals surface area contributed by atoms with Crippen LogP contribution in [0.5, 0.6) is 0 Å². The average molecular weight is 260 g/mol. The first-order chi connectivity index (χ1) is 5.11. The molecule has 3 nitrogen and oxygen atoms in total. The first-order valence-electron chi connectivity index (χ1n) is 2.65. The molecular weight excluding hydrogens is 256 g/mol. The molecule has 0 spiro atoms. The van der Waals surface area contributed by atoms with Gasteiger partial charge in [0, 0.05) is 10.7 Å². The number of pyridine rings is 1. The Morgan fingerprint density at radius 1 is 1.75 bits per heavy atom. The van der Waals surface area contributed by atoms with Gasteiger partial charge in [0.05, 0.1) is 5.56 Å². The molecule has 0 fully saturated rings. The molecule has 1 heterocycles. The van der Waals surface area contributed by atoms with Crippen LogP contribution in [0.3, 0.4) is 0 Å². The van der Waals surface area contributed by atoms with Crippen LogP contribution in [0.4, 0.5) is 0 Å². The van der Waals surface area contributed by atoms with Crippen molar-refractivity contribution in [2.75, 3.05) is 0 Å². The molecule has 12 heavy (non-hydrogen) atoms. The van der Waals surface area contributed by atoms with Gasteiger partial charge in [0.15, 0.2) is 0 Å². The molecule has 6 heteroatoms. The molecule has 0 aromatic carbocycles. The predicted octanol–water partition coefficient (Wildman–Crippen LogP) is -0.688. The van der Waals surface area contributed by atoms with Crippen molar-refractivity contribution in [2.45, 2.75) is 0 Å². The van der Waals surface area contributed by atoms with Crippen LogP contribution in [0.2, 0.25) is 5.15 Å². The number of carboxylic acid groups (broad SMARTS) is 1. The first kappa shape index (κ1) is 12.4. The Morgan fingerprint density at radius 2 is 2.33 bits per heavy atom. The molecule has 0 atom stereocenters. The summed E-state index contributed by atoms with van der Waals surface area (Å²) >= 11 is 8.56. The third kappa shape index (κ3) is 3.03. The van der Waals surface area contributed by atoms with Gasteiger partial charge in [-0.05, 0) is 22.0 Å². The maximum absolute atomic E-state index is 10.4. The Kier molecular flexibility index (Phi) is 5.36. The van der Waals surface area contributed by atoms with Gasteiger partial charge in [0.2, 0.25) is 0 Å². The minimum absolute atomic E-state index is 0. The Balaban J connectivity index is 0. The zero-order chi connectivity index (χ0) is 8.43. The molecule has 60 valence electrons. The van der Waals surface area contributed by atoms with Crippen LogP contribution in [0.15, 0.2) is 16.7 Å². The molecule has 1 aromatic rings. The number of hydrogen-bond acceptors (Lipinski definition) is 2. The fourth-order valence-corrected chi connectivity index (χ4v) is 1.09. The normalized spacial score (nSPS) is 8.83. The van der Waals surface area contributed by atoms with Gasteiger partial charge in [-0.3, -0.25) is 0 Å². The molecule has 0 aliphatic rings. The van der Waals surface area contributed by atoms with Crippen molar-refractivity contribution in [3.8, 4) is 0 Å².